The molecule has 1 rings (SSSR count). The number of aliphatic hydroxyl groups excluding tert-OH is 1. The van der Waals surface area contributed by atoms with Gasteiger partial charge in [0.1, 0.15) is 18.1 Å². The molecule has 0 spiro atoms. The molecule has 0 aliphatic carbocycles. The van der Waals surface area contributed by atoms with E-state index in [9.17, 15) is 0 Å². The lowest BCUT2D eigenvalue weighted by Gasteiger charge is -2.22. The third-order valence-electron chi connectivity index (χ3n) is 2.97. The summed E-state index contributed by atoms with van der Waals surface area (Å²) in [6.07, 6.45) is 1.20. The maximum atomic E-state index is 8.92. The molecule has 1 N–H and O–H groups in total. The van der Waals surface area contributed by atoms with Crippen molar-refractivity contribution >= 4 is 0 Å². The predicted molar refractivity (Wildman–Crippen MR) is 65.0 cm³/mol. The smallest absolute Gasteiger partial charge is 0.129 e. The second-order valence-corrected chi connectivity index (χ2v) is 4.37. The van der Waals surface area contributed by atoms with Crippen LogP contribution in [0.3, 0.4) is 0 Å². The van der Waals surface area contributed by atoms with Gasteiger partial charge in [0.15, 0.2) is 0 Å². The molecule has 0 amide bonds. The van der Waals surface area contributed by atoms with Crippen molar-refractivity contribution in [2.24, 2.45) is 5.92 Å². The zero-order valence-corrected chi connectivity index (χ0v) is 10.6. The zero-order valence-electron chi connectivity index (χ0n) is 10.6. The van der Waals surface area contributed by atoms with Crippen LogP contribution in [0, 0.1) is 5.92 Å². The Hall–Kier alpha value is -0.800. The van der Waals surface area contributed by atoms with Crippen LogP contribution in [0.4, 0.5) is 0 Å². The molecule has 1 aromatic rings. The van der Waals surface area contributed by atoms with Crippen LogP contribution in [-0.2, 0) is 13.2 Å². The van der Waals surface area contributed by atoms with Gasteiger partial charge in [0.05, 0.1) is 6.54 Å². The minimum Gasteiger partial charge on any atom is -0.462 e. The molecule has 3 heteroatoms. The first-order valence-electron chi connectivity index (χ1n) is 6.10. The normalized spacial score (nSPS) is 13.3. The largest absolute Gasteiger partial charge is 0.462 e. The van der Waals surface area contributed by atoms with Crippen molar-refractivity contribution in [2.75, 3.05) is 13.1 Å². The van der Waals surface area contributed by atoms with Crippen molar-refractivity contribution in [1.82, 2.24) is 4.90 Å². The Morgan fingerprint density at radius 1 is 1.31 bits per heavy atom. The van der Waals surface area contributed by atoms with E-state index in [1.165, 1.54) is 6.42 Å². The Labute approximate surface area is 98.1 Å². The lowest BCUT2D eigenvalue weighted by Crippen LogP contribution is -2.27. The Balaban J connectivity index is 2.49. The SMILES string of the molecule is CCC(C)CN(CC)Cc1ccc(CO)o1. The lowest BCUT2D eigenvalue weighted by atomic mass is 10.1. The van der Waals surface area contributed by atoms with E-state index in [2.05, 4.69) is 25.7 Å². The van der Waals surface area contributed by atoms with Crippen LogP contribution < -0.4 is 0 Å². The van der Waals surface area contributed by atoms with E-state index in [4.69, 9.17) is 9.52 Å². The summed E-state index contributed by atoms with van der Waals surface area (Å²) in [4.78, 5) is 2.37. The number of aliphatic hydroxyl groups is 1. The molecule has 3 nitrogen and oxygen atoms in total. The highest BCUT2D eigenvalue weighted by molar-refractivity contribution is 5.06. The van der Waals surface area contributed by atoms with E-state index in [-0.39, 0.29) is 6.61 Å². The van der Waals surface area contributed by atoms with Crippen molar-refractivity contribution in [2.45, 2.75) is 40.3 Å². The van der Waals surface area contributed by atoms with Gasteiger partial charge in [-0.2, -0.15) is 0 Å². The molecule has 92 valence electrons. The number of hydrogen-bond acceptors (Lipinski definition) is 3. The molecule has 0 fully saturated rings. The summed E-state index contributed by atoms with van der Waals surface area (Å²) in [7, 11) is 0. The maximum Gasteiger partial charge on any atom is 0.129 e. The molecule has 1 aromatic heterocycles. The van der Waals surface area contributed by atoms with Crippen molar-refractivity contribution < 1.29 is 9.52 Å². The molecule has 1 atom stereocenters. The quantitative estimate of drug-likeness (QED) is 0.775. The van der Waals surface area contributed by atoms with Crippen LogP contribution in [0.1, 0.15) is 38.7 Å². The summed E-state index contributed by atoms with van der Waals surface area (Å²) in [6.45, 7) is 9.59. The van der Waals surface area contributed by atoms with Gasteiger partial charge >= 0.3 is 0 Å². The fourth-order valence-corrected chi connectivity index (χ4v) is 1.69. The first-order valence-corrected chi connectivity index (χ1v) is 6.10. The van der Waals surface area contributed by atoms with Gasteiger partial charge in [0, 0.05) is 6.54 Å². The molecule has 1 unspecified atom stereocenters. The van der Waals surface area contributed by atoms with E-state index in [0.717, 1.165) is 25.4 Å². The van der Waals surface area contributed by atoms with Gasteiger partial charge in [-0.05, 0) is 24.6 Å². The van der Waals surface area contributed by atoms with Crippen LogP contribution in [-0.4, -0.2) is 23.1 Å². The van der Waals surface area contributed by atoms with Crippen LogP contribution in [0.2, 0.25) is 0 Å². The number of furan rings is 1. The van der Waals surface area contributed by atoms with E-state index < -0.39 is 0 Å². The Morgan fingerprint density at radius 2 is 2.00 bits per heavy atom. The standard InChI is InChI=1S/C13H23NO2/c1-4-11(3)8-14(5-2)9-12-6-7-13(10-15)16-12/h6-7,11,15H,4-5,8-10H2,1-3H3. The number of hydrogen-bond donors (Lipinski definition) is 1. The van der Waals surface area contributed by atoms with Crippen molar-refractivity contribution in [3.05, 3.63) is 23.7 Å². The van der Waals surface area contributed by atoms with Gasteiger partial charge in [-0.25, -0.2) is 0 Å². The molecular weight excluding hydrogens is 202 g/mol. The number of rotatable bonds is 7. The van der Waals surface area contributed by atoms with Crippen molar-refractivity contribution in [1.29, 1.82) is 0 Å². The first kappa shape index (κ1) is 13.3. The monoisotopic (exact) mass is 225 g/mol. The van der Waals surface area contributed by atoms with Crippen molar-refractivity contribution in [3.63, 3.8) is 0 Å². The number of nitrogens with zero attached hydrogens (tertiary/aromatic N) is 1. The molecule has 16 heavy (non-hydrogen) atoms. The zero-order chi connectivity index (χ0) is 12.0. The Morgan fingerprint density at radius 3 is 2.50 bits per heavy atom. The van der Waals surface area contributed by atoms with E-state index in [1.54, 1.807) is 0 Å². The summed E-state index contributed by atoms with van der Waals surface area (Å²) >= 11 is 0. The molecule has 1 heterocycles. The highest BCUT2D eigenvalue weighted by Crippen LogP contribution is 2.12. The summed E-state index contributed by atoms with van der Waals surface area (Å²) in [6, 6.07) is 3.79. The summed E-state index contributed by atoms with van der Waals surface area (Å²) < 4.78 is 5.49. The first-order chi connectivity index (χ1) is 7.69. The van der Waals surface area contributed by atoms with Crippen LogP contribution in [0.25, 0.3) is 0 Å². The molecule has 0 saturated carbocycles. The molecule has 0 bridgehead atoms. The van der Waals surface area contributed by atoms with Crippen LogP contribution in [0.15, 0.2) is 16.5 Å². The molecule has 0 aliphatic rings. The van der Waals surface area contributed by atoms with Gasteiger partial charge < -0.3 is 9.52 Å². The lowest BCUT2D eigenvalue weighted by molar-refractivity contribution is 0.206. The average molecular weight is 225 g/mol. The molecule has 0 aromatic carbocycles. The fraction of sp³-hybridized carbons (Fsp3) is 0.692. The van der Waals surface area contributed by atoms with Gasteiger partial charge in [-0.3, -0.25) is 4.90 Å². The van der Waals surface area contributed by atoms with E-state index in [0.29, 0.717) is 11.7 Å². The molecule has 0 radical (unpaired) electrons. The summed E-state index contributed by atoms with van der Waals surface area (Å²) in [5.41, 5.74) is 0. The second-order valence-electron chi connectivity index (χ2n) is 4.37. The predicted octanol–water partition coefficient (Wildman–Crippen LogP) is 2.64. The topological polar surface area (TPSA) is 36.6 Å². The second kappa shape index (κ2) is 6.71. The third-order valence-corrected chi connectivity index (χ3v) is 2.97. The highest BCUT2D eigenvalue weighted by Gasteiger charge is 2.10. The van der Waals surface area contributed by atoms with E-state index in [1.807, 2.05) is 12.1 Å². The maximum absolute atomic E-state index is 8.92. The van der Waals surface area contributed by atoms with E-state index >= 15 is 0 Å². The van der Waals surface area contributed by atoms with Gasteiger partial charge in [-0.15, -0.1) is 0 Å². The third kappa shape index (κ3) is 3.99. The van der Waals surface area contributed by atoms with Gasteiger partial charge in [0.2, 0.25) is 0 Å². The Kier molecular flexibility index (Phi) is 5.56. The average Bonchev–Trinajstić information content (AvgIpc) is 2.75. The minimum atomic E-state index is -0.0164. The molecule has 0 saturated heterocycles. The minimum absolute atomic E-state index is 0.0164. The highest BCUT2D eigenvalue weighted by atomic mass is 16.4. The van der Waals surface area contributed by atoms with Gasteiger partial charge in [0.25, 0.3) is 0 Å². The Bertz CT molecular complexity index is 296. The van der Waals surface area contributed by atoms with Gasteiger partial charge in [-0.1, -0.05) is 27.2 Å². The molecular formula is C13H23NO2. The summed E-state index contributed by atoms with van der Waals surface area (Å²) in [5, 5.41) is 8.92. The van der Waals surface area contributed by atoms with Crippen molar-refractivity contribution in [3.8, 4) is 0 Å². The fourth-order valence-electron chi connectivity index (χ4n) is 1.69. The van der Waals surface area contributed by atoms with Crippen LogP contribution in [0.5, 0.6) is 0 Å². The summed E-state index contributed by atoms with van der Waals surface area (Å²) in [5.74, 6) is 2.30. The van der Waals surface area contributed by atoms with Crippen LogP contribution >= 0.6 is 0 Å². The molecule has 0 aliphatic heterocycles.